The van der Waals surface area contributed by atoms with Crippen LogP contribution in [0.2, 0.25) is 0 Å². The van der Waals surface area contributed by atoms with Crippen molar-refractivity contribution in [2.45, 2.75) is 43.9 Å². The van der Waals surface area contributed by atoms with E-state index < -0.39 is 0 Å². The molecule has 1 unspecified atom stereocenters. The molecule has 0 radical (unpaired) electrons. The lowest BCUT2D eigenvalue weighted by Gasteiger charge is -2.25. The van der Waals surface area contributed by atoms with Gasteiger partial charge in [0.1, 0.15) is 4.91 Å². The van der Waals surface area contributed by atoms with Gasteiger partial charge in [-0.1, -0.05) is 31.0 Å². The monoisotopic (exact) mass is 268 g/mol. The Balaban J connectivity index is 1.52. The fraction of sp³-hybridized carbons (Fsp3) is 0.769. The lowest BCUT2D eigenvalue weighted by Crippen LogP contribution is -2.24. The van der Waals surface area contributed by atoms with Gasteiger partial charge in [-0.05, 0) is 31.1 Å². The molecule has 0 spiro atoms. The van der Waals surface area contributed by atoms with Gasteiger partial charge in [0.05, 0.1) is 12.0 Å². The molecular formula is C13H20N2O2S. The number of nitrogens with one attached hydrogen (secondary N) is 1. The van der Waals surface area contributed by atoms with Crippen molar-refractivity contribution in [3.63, 3.8) is 0 Å². The number of hydrogen-bond donors (Lipinski definition) is 2. The van der Waals surface area contributed by atoms with E-state index in [1.54, 1.807) is 11.8 Å². The molecule has 1 heterocycles. The van der Waals surface area contributed by atoms with Gasteiger partial charge in [0, 0.05) is 0 Å². The average molecular weight is 268 g/mol. The van der Waals surface area contributed by atoms with Crippen molar-refractivity contribution in [1.82, 2.24) is 5.32 Å². The van der Waals surface area contributed by atoms with Crippen LogP contribution < -0.4 is 11.1 Å². The number of amides is 1. The van der Waals surface area contributed by atoms with Crippen molar-refractivity contribution in [2.24, 2.45) is 17.6 Å². The SMILES string of the molecule is NC(=O)C1=C(OCCC2CCC2)NC(C2CC2)S1. The first kappa shape index (κ1) is 12.2. The van der Waals surface area contributed by atoms with Crippen LogP contribution in [0.3, 0.4) is 0 Å². The molecule has 3 N–H and O–H groups in total. The van der Waals surface area contributed by atoms with E-state index >= 15 is 0 Å². The van der Waals surface area contributed by atoms with E-state index in [2.05, 4.69) is 5.32 Å². The van der Waals surface area contributed by atoms with E-state index in [-0.39, 0.29) is 5.91 Å². The zero-order chi connectivity index (χ0) is 12.5. The van der Waals surface area contributed by atoms with Crippen LogP contribution in [-0.2, 0) is 9.53 Å². The number of ether oxygens (including phenoxy) is 1. The molecule has 3 aliphatic rings. The summed E-state index contributed by atoms with van der Waals surface area (Å²) in [6.07, 6.45) is 7.60. The Morgan fingerprint density at radius 1 is 1.39 bits per heavy atom. The first-order valence-electron chi connectivity index (χ1n) is 6.84. The van der Waals surface area contributed by atoms with Gasteiger partial charge in [-0.15, -0.1) is 0 Å². The number of carbonyl (C=O) groups excluding carboxylic acids is 1. The largest absolute Gasteiger partial charge is 0.478 e. The van der Waals surface area contributed by atoms with E-state index in [1.807, 2.05) is 0 Å². The Morgan fingerprint density at radius 2 is 2.17 bits per heavy atom. The van der Waals surface area contributed by atoms with Crippen molar-refractivity contribution < 1.29 is 9.53 Å². The third-order valence-corrected chi connectivity index (χ3v) is 5.37. The van der Waals surface area contributed by atoms with Gasteiger partial charge in [-0.25, -0.2) is 0 Å². The van der Waals surface area contributed by atoms with E-state index in [4.69, 9.17) is 10.5 Å². The average Bonchev–Trinajstić information content (AvgIpc) is 3.03. The van der Waals surface area contributed by atoms with Gasteiger partial charge < -0.3 is 15.8 Å². The van der Waals surface area contributed by atoms with Crippen LogP contribution in [-0.4, -0.2) is 17.9 Å². The minimum Gasteiger partial charge on any atom is -0.478 e. The van der Waals surface area contributed by atoms with Crippen LogP contribution in [0.5, 0.6) is 0 Å². The number of nitrogens with two attached hydrogens (primary N) is 1. The van der Waals surface area contributed by atoms with Crippen molar-refractivity contribution in [1.29, 1.82) is 0 Å². The maximum atomic E-state index is 11.4. The minimum absolute atomic E-state index is 0.297. The number of primary amides is 1. The van der Waals surface area contributed by atoms with Crippen LogP contribution in [0.25, 0.3) is 0 Å². The molecule has 0 aromatic rings. The molecule has 3 rings (SSSR count). The summed E-state index contributed by atoms with van der Waals surface area (Å²) in [6.45, 7) is 0.696. The molecule has 0 aromatic carbocycles. The fourth-order valence-electron chi connectivity index (χ4n) is 2.40. The first-order valence-corrected chi connectivity index (χ1v) is 7.72. The molecule has 1 aliphatic heterocycles. The molecule has 5 heteroatoms. The second kappa shape index (κ2) is 5.03. The molecule has 100 valence electrons. The number of thioether (sulfide) groups is 1. The predicted octanol–water partition coefficient (Wildman–Crippen LogP) is 1.92. The Morgan fingerprint density at radius 3 is 2.72 bits per heavy atom. The molecule has 0 saturated heterocycles. The molecule has 1 amide bonds. The summed E-state index contributed by atoms with van der Waals surface area (Å²) in [5, 5.41) is 3.61. The van der Waals surface area contributed by atoms with Crippen molar-refractivity contribution in [3.8, 4) is 0 Å². The quantitative estimate of drug-likeness (QED) is 0.772. The van der Waals surface area contributed by atoms with Crippen LogP contribution in [0.4, 0.5) is 0 Å². The van der Waals surface area contributed by atoms with Crippen molar-refractivity contribution in [2.75, 3.05) is 6.61 Å². The Bertz CT molecular complexity index is 375. The molecule has 18 heavy (non-hydrogen) atoms. The van der Waals surface area contributed by atoms with Gasteiger partial charge >= 0.3 is 0 Å². The normalized spacial score (nSPS) is 27.9. The molecule has 2 fully saturated rings. The molecule has 2 aliphatic carbocycles. The van der Waals surface area contributed by atoms with E-state index in [0.29, 0.717) is 28.7 Å². The number of carbonyl (C=O) groups is 1. The molecule has 0 aromatic heterocycles. The maximum Gasteiger partial charge on any atom is 0.260 e. The van der Waals surface area contributed by atoms with Crippen molar-refractivity contribution >= 4 is 17.7 Å². The second-order valence-electron chi connectivity index (χ2n) is 5.48. The number of hydrogen-bond acceptors (Lipinski definition) is 4. The lowest BCUT2D eigenvalue weighted by molar-refractivity contribution is -0.114. The van der Waals surface area contributed by atoms with Crippen LogP contribution >= 0.6 is 11.8 Å². The van der Waals surface area contributed by atoms with E-state index in [1.165, 1.54) is 32.1 Å². The summed E-state index contributed by atoms with van der Waals surface area (Å²) in [5.41, 5.74) is 5.40. The van der Waals surface area contributed by atoms with Crippen LogP contribution in [0, 0.1) is 11.8 Å². The molecule has 4 nitrogen and oxygen atoms in total. The highest BCUT2D eigenvalue weighted by atomic mass is 32.2. The zero-order valence-electron chi connectivity index (χ0n) is 10.5. The zero-order valence-corrected chi connectivity index (χ0v) is 11.3. The summed E-state index contributed by atoms with van der Waals surface area (Å²) >= 11 is 1.55. The Kier molecular flexibility index (Phi) is 3.41. The van der Waals surface area contributed by atoms with E-state index in [9.17, 15) is 4.79 Å². The molecular weight excluding hydrogens is 248 g/mol. The molecule has 1 atom stereocenters. The van der Waals surface area contributed by atoms with Crippen LogP contribution in [0.15, 0.2) is 10.8 Å². The van der Waals surface area contributed by atoms with Crippen LogP contribution in [0.1, 0.15) is 38.5 Å². The lowest BCUT2D eigenvalue weighted by atomic mass is 9.83. The number of rotatable bonds is 6. The smallest absolute Gasteiger partial charge is 0.260 e. The maximum absolute atomic E-state index is 11.4. The highest BCUT2D eigenvalue weighted by Gasteiger charge is 2.39. The van der Waals surface area contributed by atoms with Gasteiger partial charge in [0.25, 0.3) is 5.91 Å². The highest BCUT2D eigenvalue weighted by Crippen LogP contribution is 2.44. The summed E-state index contributed by atoms with van der Waals surface area (Å²) in [4.78, 5) is 12.0. The third kappa shape index (κ3) is 2.60. The van der Waals surface area contributed by atoms with Gasteiger partial charge in [0.2, 0.25) is 5.88 Å². The van der Waals surface area contributed by atoms with E-state index in [0.717, 1.165) is 12.3 Å². The highest BCUT2D eigenvalue weighted by molar-refractivity contribution is 8.04. The van der Waals surface area contributed by atoms with Gasteiger partial charge in [0.15, 0.2) is 0 Å². The predicted molar refractivity (Wildman–Crippen MR) is 71.4 cm³/mol. The Hall–Kier alpha value is -0.840. The Labute approximate surface area is 112 Å². The molecule has 2 saturated carbocycles. The summed E-state index contributed by atoms with van der Waals surface area (Å²) in [5.74, 6) is 1.77. The topological polar surface area (TPSA) is 64.4 Å². The minimum atomic E-state index is -0.366. The standard InChI is InChI=1S/C13H20N2O2S/c14-11(16)10-12(15-13(18-10)9-4-5-9)17-7-6-8-2-1-3-8/h8-9,13,15H,1-7H2,(H2,14,16). The first-order chi connectivity index (χ1) is 8.74. The fourth-order valence-corrected chi connectivity index (χ4v) is 3.63. The summed E-state index contributed by atoms with van der Waals surface area (Å²) in [7, 11) is 0. The van der Waals surface area contributed by atoms with Crippen molar-refractivity contribution in [3.05, 3.63) is 10.8 Å². The van der Waals surface area contributed by atoms with Gasteiger partial charge in [-0.3, -0.25) is 4.79 Å². The second-order valence-corrected chi connectivity index (χ2v) is 6.63. The van der Waals surface area contributed by atoms with Gasteiger partial charge in [-0.2, -0.15) is 0 Å². The summed E-state index contributed by atoms with van der Waals surface area (Å²) in [6, 6.07) is 0. The molecule has 0 bridgehead atoms. The third-order valence-electron chi connectivity index (χ3n) is 4.00. The summed E-state index contributed by atoms with van der Waals surface area (Å²) < 4.78 is 5.74.